The van der Waals surface area contributed by atoms with Crippen molar-refractivity contribution in [1.82, 2.24) is 10.0 Å². The smallest absolute Gasteiger partial charge is 0.240 e. The Hall–Kier alpha value is -2.42. The molecule has 2 aromatic rings. The lowest BCUT2D eigenvalue weighted by molar-refractivity contribution is -0.126. The quantitative estimate of drug-likeness (QED) is 0.681. The molecule has 7 nitrogen and oxygen atoms in total. The molecule has 0 radical (unpaired) electrons. The number of amides is 2. The number of rotatable bonds is 7. The SMILES string of the molecule is O=C(NCc1ccc(S(=O)(=O)NC2CC2)cc1)C1CC(=O)N(c2ccc(Cl)cc2)C1. The highest BCUT2D eigenvalue weighted by atomic mass is 35.5. The number of anilines is 1. The fourth-order valence-corrected chi connectivity index (χ4v) is 4.79. The topological polar surface area (TPSA) is 95.6 Å². The van der Waals surface area contributed by atoms with Crippen molar-refractivity contribution in [2.24, 2.45) is 5.92 Å². The molecule has 158 valence electrons. The van der Waals surface area contributed by atoms with Crippen LogP contribution in [0.3, 0.4) is 0 Å². The molecule has 2 aliphatic rings. The van der Waals surface area contributed by atoms with Crippen LogP contribution in [0.2, 0.25) is 5.02 Å². The molecule has 1 aliphatic heterocycles. The van der Waals surface area contributed by atoms with Gasteiger partial charge in [0.15, 0.2) is 0 Å². The zero-order valence-corrected chi connectivity index (χ0v) is 17.7. The Morgan fingerprint density at radius 2 is 1.73 bits per heavy atom. The van der Waals surface area contributed by atoms with Crippen molar-refractivity contribution in [1.29, 1.82) is 0 Å². The van der Waals surface area contributed by atoms with Gasteiger partial charge in [-0.2, -0.15) is 0 Å². The summed E-state index contributed by atoms with van der Waals surface area (Å²) in [6.07, 6.45) is 1.91. The predicted molar refractivity (Wildman–Crippen MR) is 114 cm³/mol. The van der Waals surface area contributed by atoms with Gasteiger partial charge in [0, 0.05) is 36.3 Å². The van der Waals surface area contributed by atoms with Crippen LogP contribution in [-0.2, 0) is 26.2 Å². The maximum Gasteiger partial charge on any atom is 0.240 e. The summed E-state index contributed by atoms with van der Waals surface area (Å²) >= 11 is 5.89. The Labute approximate surface area is 180 Å². The number of hydrogen-bond acceptors (Lipinski definition) is 4. The highest BCUT2D eigenvalue weighted by Gasteiger charge is 2.35. The Morgan fingerprint density at radius 1 is 1.07 bits per heavy atom. The van der Waals surface area contributed by atoms with Crippen molar-refractivity contribution >= 4 is 39.1 Å². The highest BCUT2D eigenvalue weighted by molar-refractivity contribution is 7.89. The molecular weight excluding hydrogens is 426 g/mol. The number of nitrogens with zero attached hydrogens (tertiary/aromatic N) is 1. The van der Waals surface area contributed by atoms with E-state index in [1.165, 1.54) is 12.1 Å². The van der Waals surface area contributed by atoms with E-state index in [0.29, 0.717) is 11.6 Å². The van der Waals surface area contributed by atoms with E-state index in [2.05, 4.69) is 10.0 Å². The summed E-state index contributed by atoms with van der Waals surface area (Å²) in [5.74, 6) is -0.738. The fraction of sp³-hybridized carbons (Fsp3) is 0.333. The lowest BCUT2D eigenvalue weighted by Crippen LogP contribution is -2.32. The number of sulfonamides is 1. The Morgan fingerprint density at radius 3 is 2.37 bits per heavy atom. The third-order valence-corrected chi connectivity index (χ3v) is 7.02. The van der Waals surface area contributed by atoms with Crippen LogP contribution in [0.1, 0.15) is 24.8 Å². The van der Waals surface area contributed by atoms with Crippen molar-refractivity contribution in [3.05, 3.63) is 59.1 Å². The summed E-state index contributed by atoms with van der Waals surface area (Å²) in [6.45, 7) is 0.581. The molecule has 1 atom stereocenters. The van der Waals surface area contributed by atoms with Crippen LogP contribution in [0.25, 0.3) is 0 Å². The van der Waals surface area contributed by atoms with Gasteiger partial charge in [0.2, 0.25) is 21.8 Å². The second-order valence-electron chi connectivity index (χ2n) is 7.64. The first-order valence-electron chi connectivity index (χ1n) is 9.77. The third kappa shape index (κ3) is 4.83. The zero-order chi connectivity index (χ0) is 21.3. The number of benzene rings is 2. The van der Waals surface area contributed by atoms with Gasteiger partial charge in [-0.3, -0.25) is 9.59 Å². The molecule has 0 spiro atoms. The largest absolute Gasteiger partial charge is 0.352 e. The van der Waals surface area contributed by atoms with Crippen LogP contribution < -0.4 is 14.9 Å². The molecule has 1 unspecified atom stereocenters. The van der Waals surface area contributed by atoms with Gasteiger partial charge in [-0.1, -0.05) is 23.7 Å². The van der Waals surface area contributed by atoms with Gasteiger partial charge in [0.05, 0.1) is 10.8 Å². The van der Waals surface area contributed by atoms with E-state index in [1.807, 2.05) is 0 Å². The van der Waals surface area contributed by atoms with Crippen molar-refractivity contribution in [2.45, 2.75) is 36.7 Å². The van der Waals surface area contributed by atoms with Gasteiger partial charge in [0.25, 0.3) is 0 Å². The van der Waals surface area contributed by atoms with Crippen molar-refractivity contribution in [2.75, 3.05) is 11.4 Å². The van der Waals surface area contributed by atoms with Crippen molar-refractivity contribution < 1.29 is 18.0 Å². The minimum atomic E-state index is -3.49. The molecule has 2 aromatic carbocycles. The Kier molecular flexibility index (Phi) is 5.81. The lowest BCUT2D eigenvalue weighted by Gasteiger charge is -2.16. The Balaban J connectivity index is 1.32. The van der Waals surface area contributed by atoms with Gasteiger partial charge >= 0.3 is 0 Å². The molecule has 2 fully saturated rings. The first-order valence-corrected chi connectivity index (χ1v) is 11.6. The first kappa shape index (κ1) is 20.8. The summed E-state index contributed by atoms with van der Waals surface area (Å²) < 4.78 is 27.0. The van der Waals surface area contributed by atoms with E-state index >= 15 is 0 Å². The van der Waals surface area contributed by atoms with E-state index in [0.717, 1.165) is 24.1 Å². The van der Waals surface area contributed by atoms with Gasteiger partial charge < -0.3 is 10.2 Å². The van der Waals surface area contributed by atoms with E-state index in [1.54, 1.807) is 41.3 Å². The maximum atomic E-state index is 12.5. The van der Waals surface area contributed by atoms with Crippen molar-refractivity contribution in [3.63, 3.8) is 0 Å². The summed E-state index contributed by atoms with van der Waals surface area (Å²) in [4.78, 5) is 26.6. The number of carbonyl (C=O) groups is 2. The van der Waals surface area contributed by atoms with Gasteiger partial charge in [-0.15, -0.1) is 0 Å². The predicted octanol–water partition coefficient (Wildman–Crippen LogP) is 2.45. The molecule has 30 heavy (non-hydrogen) atoms. The minimum Gasteiger partial charge on any atom is -0.352 e. The first-order chi connectivity index (χ1) is 14.3. The highest BCUT2D eigenvalue weighted by Crippen LogP contribution is 2.26. The van der Waals surface area contributed by atoms with Gasteiger partial charge in [-0.25, -0.2) is 13.1 Å². The fourth-order valence-electron chi connectivity index (χ4n) is 3.36. The maximum absolute atomic E-state index is 12.5. The van der Waals surface area contributed by atoms with Crippen molar-refractivity contribution in [3.8, 4) is 0 Å². The summed E-state index contributed by atoms with van der Waals surface area (Å²) in [5.41, 5.74) is 1.50. The molecule has 9 heteroatoms. The van der Waals surface area contributed by atoms with Crippen LogP contribution in [0.4, 0.5) is 5.69 Å². The van der Waals surface area contributed by atoms with Crippen LogP contribution in [0, 0.1) is 5.92 Å². The summed E-state index contributed by atoms with van der Waals surface area (Å²) in [5, 5.41) is 3.42. The molecule has 1 aliphatic carbocycles. The number of carbonyl (C=O) groups excluding carboxylic acids is 2. The monoisotopic (exact) mass is 447 g/mol. The van der Waals surface area contributed by atoms with E-state index in [-0.39, 0.29) is 35.7 Å². The minimum absolute atomic E-state index is 0.0514. The second-order valence-corrected chi connectivity index (χ2v) is 9.79. The van der Waals surface area contributed by atoms with Crippen LogP contribution >= 0.6 is 11.6 Å². The average Bonchev–Trinajstić information content (AvgIpc) is 3.44. The molecule has 2 N–H and O–H groups in total. The van der Waals surface area contributed by atoms with E-state index in [9.17, 15) is 18.0 Å². The zero-order valence-electron chi connectivity index (χ0n) is 16.2. The summed E-state index contributed by atoms with van der Waals surface area (Å²) in [7, 11) is -3.49. The van der Waals surface area contributed by atoms with Gasteiger partial charge in [0.1, 0.15) is 0 Å². The molecular formula is C21H22ClN3O4S. The molecule has 4 rings (SSSR count). The average molecular weight is 448 g/mol. The molecule has 2 amide bonds. The van der Waals surface area contributed by atoms with Crippen LogP contribution in [0.5, 0.6) is 0 Å². The van der Waals surface area contributed by atoms with Crippen LogP contribution in [-0.4, -0.2) is 32.8 Å². The van der Waals surface area contributed by atoms with Gasteiger partial charge in [-0.05, 0) is 54.8 Å². The number of nitrogens with one attached hydrogen (secondary N) is 2. The number of halogens is 1. The van der Waals surface area contributed by atoms with E-state index < -0.39 is 15.9 Å². The molecule has 0 bridgehead atoms. The normalized spacial score (nSPS) is 19.2. The third-order valence-electron chi connectivity index (χ3n) is 5.23. The van der Waals surface area contributed by atoms with Crippen LogP contribution in [0.15, 0.2) is 53.4 Å². The standard InChI is InChI=1S/C21H22ClN3O4S/c22-16-3-7-18(8-4-16)25-13-15(11-20(25)26)21(27)23-12-14-1-9-19(10-2-14)30(28,29)24-17-5-6-17/h1-4,7-10,15,17,24H,5-6,11-13H2,(H,23,27). The second kappa shape index (κ2) is 8.37. The lowest BCUT2D eigenvalue weighted by atomic mass is 10.1. The van der Waals surface area contributed by atoms with E-state index in [4.69, 9.17) is 11.6 Å². The molecule has 1 heterocycles. The molecule has 1 saturated heterocycles. The Bertz CT molecular complexity index is 1050. The number of hydrogen-bond donors (Lipinski definition) is 2. The summed E-state index contributed by atoms with van der Waals surface area (Å²) in [6, 6.07) is 13.4. The molecule has 1 saturated carbocycles. The molecule has 0 aromatic heterocycles.